The number of halogens is 2. The van der Waals surface area contributed by atoms with Crippen molar-refractivity contribution in [1.29, 1.82) is 0 Å². The van der Waals surface area contributed by atoms with Gasteiger partial charge in [-0.1, -0.05) is 36.7 Å². The Kier molecular flexibility index (Phi) is 4.63. The standard InChI is InChI=1S/C16H17ClFNO/c1-3-14(19)12-7-8-13(17)16(15(12)18)20-11-6-4-5-10(2)9-11/h4-9,14H,3,19H2,1-2H3/t14-/m1/s1. The van der Waals surface area contributed by atoms with E-state index in [-0.39, 0.29) is 16.8 Å². The van der Waals surface area contributed by atoms with E-state index in [2.05, 4.69) is 0 Å². The zero-order valence-corrected chi connectivity index (χ0v) is 12.2. The summed E-state index contributed by atoms with van der Waals surface area (Å²) < 4.78 is 20.1. The molecule has 106 valence electrons. The molecule has 20 heavy (non-hydrogen) atoms. The number of ether oxygens (including phenoxy) is 1. The number of nitrogens with two attached hydrogens (primary N) is 1. The normalized spacial score (nSPS) is 12.2. The Balaban J connectivity index is 2.40. The summed E-state index contributed by atoms with van der Waals surface area (Å²) in [5.74, 6) is 0.0834. The number of hydrogen-bond acceptors (Lipinski definition) is 2. The van der Waals surface area contributed by atoms with E-state index in [1.165, 1.54) is 0 Å². The predicted molar refractivity (Wildman–Crippen MR) is 79.9 cm³/mol. The summed E-state index contributed by atoms with van der Waals surface area (Å²) in [5, 5.41) is 0.232. The third kappa shape index (κ3) is 3.11. The van der Waals surface area contributed by atoms with Crippen molar-refractivity contribution in [3.8, 4) is 11.5 Å². The highest BCUT2D eigenvalue weighted by molar-refractivity contribution is 6.32. The lowest BCUT2D eigenvalue weighted by atomic mass is 10.0. The van der Waals surface area contributed by atoms with Gasteiger partial charge >= 0.3 is 0 Å². The maximum absolute atomic E-state index is 14.5. The van der Waals surface area contributed by atoms with Gasteiger partial charge < -0.3 is 10.5 Å². The van der Waals surface area contributed by atoms with Gasteiger partial charge in [-0.25, -0.2) is 4.39 Å². The summed E-state index contributed by atoms with van der Waals surface area (Å²) in [6, 6.07) is 10.2. The summed E-state index contributed by atoms with van der Waals surface area (Å²) in [4.78, 5) is 0. The molecule has 0 saturated carbocycles. The maximum atomic E-state index is 14.5. The Hall–Kier alpha value is -1.58. The number of benzene rings is 2. The highest BCUT2D eigenvalue weighted by Gasteiger charge is 2.18. The molecule has 0 bridgehead atoms. The molecular weight excluding hydrogens is 277 g/mol. The molecule has 2 N–H and O–H groups in total. The summed E-state index contributed by atoms with van der Waals surface area (Å²) in [7, 11) is 0. The van der Waals surface area contributed by atoms with Gasteiger partial charge in [-0.2, -0.15) is 0 Å². The van der Waals surface area contributed by atoms with Gasteiger partial charge in [0.25, 0.3) is 0 Å². The second kappa shape index (κ2) is 6.25. The SMILES string of the molecule is CC[C@@H](N)c1ccc(Cl)c(Oc2cccc(C)c2)c1F. The molecule has 0 heterocycles. The smallest absolute Gasteiger partial charge is 0.181 e. The van der Waals surface area contributed by atoms with E-state index >= 15 is 0 Å². The molecule has 0 saturated heterocycles. The highest BCUT2D eigenvalue weighted by atomic mass is 35.5. The van der Waals surface area contributed by atoms with Crippen LogP contribution in [0.3, 0.4) is 0 Å². The van der Waals surface area contributed by atoms with Crippen molar-refractivity contribution in [2.24, 2.45) is 5.73 Å². The number of rotatable bonds is 4. The Labute approximate surface area is 123 Å². The molecule has 4 heteroatoms. The number of hydrogen-bond donors (Lipinski definition) is 1. The van der Waals surface area contributed by atoms with E-state index < -0.39 is 5.82 Å². The molecule has 0 aliphatic carbocycles. The van der Waals surface area contributed by atoms with Gasteiger partial charge in [0.1, 0.15) is 5.75 Å². The van der Waals surface area contributed by atoms with Crippen LogP contribution in [0, 0.1) is 12.7 Å². The first-order chi connectivity index (χ1) is 9.52. The van der Waals surface area contributed by atoms with Crippen LogP contribution >= 0.6 is 11.6 Å². The van der Waals surface area contributed by atoms with Gasteiger partial charge in [-0.15, -0.1) is 0 Å². The van der Waals surface area contributed by atoms with E-state index in [1.807, 2.05) is 32.0 Å². The predicted octanol–water partition coefficient (Wildman–Crippen LogP) is 4.99. The van der Waals surface area contributed by atoms with Crippen LogP contribution < -0.4 is 10.5 Å². The minimum absolute atomic E-state index is 0.0265. The van der Waals surface area contributed by atoms with Crippen molar-refractivity contribution in [2.75, 3.05) is 0 Å². The van der Waals surface area contributed by atoms with Crippen molar-refractivity contribution in [3.05, 3.63) is 58.4 Å². The lowest BCUT2D eigenvalue weighted by Gasteiger charge is -2.15. The third-order valence-corrected chi connectivity index (χ3v) is 3.43. The topological polar surface area (TPSA) is 35.2 Å². The van der Waals surface area contributed by atoms with Gasteiger partial charge in [0.2, 0.25) is 0 Å². The molecule has 1 atom stereocenters. The zero-order valence-electron chi connectivity index (χ0n) is 11.5. The Morgan fingerprint density at radius 1 is 1.30 bits per heavy atom. The third-order valence-electron chi connectivity index (χ3n) is 3.13. The molecule has 0 radical (unpaired) electrons. The molecule has 2 aromatic carbocycles. The van der Waals surface area contributed by atoms with Crippen LogP contribution in [-0.2, 0) is 0 Å². The Morgan fingerprint density at radius 2 is 2.05 bits per heavy atom. The molecule has 2 rings (SSSR count). The van der Waals surface area contributed by atoms with E-state index in [4.69, 9.17) is 22.1 Å². The fourth-order valence-corrected chi connectivity index (χ4v) is 2.13. The molecule has 0 unspecified atom stereocenters. The second-order valence-corrected chi connectivity index (χ2v) is 5.12. The van der Waals surface area contributed by atoms with Crippen LogP contribution in [0.5, 0.6) is 11.5 Å². The van der Waals surface area contributed by atoms with E-state index in [0.29, 0.717) is 17.7 Å². The van der Waals surface area contributed by atoms with Crippen LogP contribution in [0.15, 0.2) is 36.4 Å². The van der Waals surface area contributed by atoms with Gasteiger partial charge in [0.05, 0.1) is 5.02 Å². The van der Waals surface area contributed by atoms with Crippen molar-refractivity contribution in [1.82, 2.24) is 0 Å². The monoisotopic (exact) mass is 293 g/mol. The summed E-state index contributed by atoms with van der Waals surface area (Å²) in [6.45, 7) is 3.84. The molecule has 0 amide bonds. The molecular formula is C16H17ClFNO. The highest BCUT2D eigenvalue weighted by Crippen LogP contribution is 2.36. The summed E-state index contributed by atoms with van der Waals surface area (Å²) in [6.07, 6.45) is 0.641. The van der Waals surface area contributed by atoms with Crippen molar-refractivity contribution < 1.29 is 9.13 Å². The average molecular weight is 294 g/mol. The van der Waals surface area contributed by atoms with E-state index in [0.717, 1.165) is 5.56 Å². The van der Waals surface area contributed by atoms with Gasteiger partial charge in [0.15, 0.2) is 11.6 Å². The minimum atomic E-state index is -0.492. The Bertz CT molecular complexity index is 615. The van der Waals surface area contributed by atoms with Gasteiger partial charge in [-0.05, 0) is 37.1 Å². The van der Waals surface area contributed by atoms with E-state index in [9.17, 15) is 4.39 Å². The molecule has 0 aliphatic rings. The molecule has 0 spiro atoms. The fraction of sp³-hybridized carbons (Fsp3) is 0.250. The molecule has 2 aromatic rings. The molecule has 2 nitrogen and oxygen atoms in total. The summed E-state index contributed by atoms with van der Waals surface area (Å²) in [5.41, 5.74) is 7.34. The first-order valence-corrected chi connectivity index (χ1v) is 6.88. The second-order valence-electron chi connectivity index (χ2n) is 4.71. The number of aryl methyl sites for hydroxylation is 1. The van der Waals surface area contributed by atoms with Crippen LogP contribution in [0.2, 0.25) is 5.02 Å². The first kappa shape index (κ1) is 14.8. The van der Waals surface area contributed by atoms with Crippen LogP contribution in [-0.4, -0.2) is 0 Å². The lowest BCUT2D eigenvalue weighted by molar-refractivity contribution is 0.434. The zero-order chi connectivity index (χ0) is 14.7. The van der Waals surface area contributed by atoms with Gasteiger partial charge in [-0.3, -0.25) is 0 Å². The maximum Gasteiger partial charge on any atom is 0.181 e. The molecule has 0 aromatic heterocycles. The van der Waals surface area contributed by atoms with Crippen molar-refractivity contribution in [3.63, 3.8) is 0 Å². The fourth-order valence-electron chi connectivity index (χ4n) is 1.94. The van der Waals surface area contributed by atoms with Crippen molar-refractivity contribution >= 4 is 11.6 Å². The quantitative estimate of drug-likeness (QED) is 0.862. The Morgan fingerprint density at radius 3 is 2.70 bits per heavy atom. The first-order valence-electron chi connectivity index (χ1n) is 6.51. The van der Waals surface area contributed by atoms with Crippen LogP contribution in [0.25, 0.3) is 0 Å². The molecule has 0 fully saturated rings. The largest absolute Gasteiger partial charge is 0.453 e. The average Bonchev–Trinajstić information content (AvgIpc) is 2.43. The van der Waals surface area contributed by atoms with Crippen LogP contribution in [0.1, 0.15) is 30.5 Å². The van der Waals surface area contributed by atoms with Crippen LogP contribution in [0.4, 0.5) is 4.39 Å². The summed E-state index contributed by atoms with van der Waals surface area (Å²) >= 11 is 6.03. The van der Waals surface area contributed by atoms with Gasteiger partial charge in [0, 0.05) is 11.6 Å². The van der Waals surface area contributed by atoms with E-state index in [1.54, 1.807) is 18.2 Å². The minimum Gasteiger partial charge on any atom is -0.453 e. The van der Waals surface area contributed by atoms with Crippen molar-refractivity contribution in [2.45, 2.75) is 26.3 Å². The molecule has 0 aliphatic heterocycles. The lowest BCUT2D eigenvalue weighted by Crippen LogP contribution is -2.11.